The van der Waals surface area contributed by atoms with Crippen molar-refractivity contribution in [1.29, 1.82) is 0 Å². The van der Waals surface area contributed by atoms with Crippen LogP contribution in [0.4, 0.5) is 0 Å². The molecule has 14 heavy (non-hydrogen) atoms. The van der Waals surface area contributed by atoms with Gasteiger partial charge in [-0.2, -0.15) is 0 Å². The molecular formula is C11H22N2O. The molecule has 0 radical (unpaired) electrons. The van der Waals surface area contributed by atoms with Gasteiger partial charge in [0, 0.05) is 25.2 Å². The van der Waals surface area contributed by atoms with E-state index in [9.17, 15) is 0 Å². The predicted molar refractivity (Wildman–Crippen MR) is 57.5 cm³/mol. The van der Waals surface area contributed by atoms with E-state index in [1.807, 2.05) is 0 Å². The number of hydrogen-bond donors (Lipinski definition) is 1. The Hall–Kier alpha value is -0.120. The van der Waals surface area contributed by atoms with Crippen molar-refractivity contribution in [2.24, 2.45) is 0 Å². The van der Waals surface area contributed by atoms with Gasteiger partial charge in [0.2, 0.25) is 0 Å². The Bertz CT molecular complexity index is 209. The average Bonchev–Trinajstić information content (AvgIpc) is 1.95. The summed E-state index contributed by atoms with van der Waals surface area (Å²) in [6, 6.07) is 1.80. The van der Waals surface area contributed by atoms with Gasteiger partial charge in [-0.05, 0) is 13.8 Å². The fourth-order valence-corrected chi connectivity index (χ4v) is 2.32. The summed E-state index contributed by atoms with van der Waals surface area (Å²) >= 11 is 0. The molecule has 1 spiro atoms. The van der Waals surface area contributed by atoms with Gasteiger partial charge in [0.1, 0.15) is 5.60 Å². The van der Waals surface area contributed by atoms with Crippen molar-refractivity contribution in [3.05, 3.63) is 0 Å². The van der Waals surface area contributed by atoms with Gasteiger partial charge in [-0.15, -0.1) is 0 Å². The molecule has 2 rings (SSSR count). The van der Waals surface area contributed by atoms with Crippen LogP contribution in [-0.4, -0.2) is 48.3 Å². The Balaban J connectivity index is 1.83. The van der Waals surface area contributed by atoms with Crippen LogP contribution in [0.5, 0.6) is 0 Å². The maximum atomic E-state index is 5.74. The minimum Gasteiger partial charge on any atom is -0.369 e. The van der Waals surface area contributed by atoms with Crippen molar-refractivity contribution in [2.45, 2.75) is 51.4 Å². The van der Waals surface area contributed by atoms with Crippen LogP contribution >= 0.6 is 0 Å². The number of nitrogens with one attached hydrogen (secondary N) is 1. The molecule has 0 saturated carbocycles. The van der Waals surface area contributed by atoms with Crippen LogP contribution < -0.4 is 5.32 Å². The summed E-state index contributed by atoms with van der Waals surface area (Å²) in [6.07, 6.45) is 0. The molecule has 0 bridgehead atoms. The molecule has 2 heterocycles. The fourth-order valence-electron chi connectivity index (χ4n) is 2.32. The first kappa shape index (κ1) is 10.4. The Kier molecular flexibility index (Phi) is 2.58. The second-order valence-electron chi connectivity index (χ2n) is 5.25. The zero-order valence-corrected chi connectivity index (χ0v) is 9.71. The molecule has 82 valence electrons. The summed E-state index contributed by atoms with van der Waals surface area (Å²) in [7, 11) is 0. The molecule has 1 atom stereocenters. The van der Waals surface area contributed by atoms with Gasteiger partial charge < -0.3 is 10.1 Å². The minimum absolute atomic E-state index is 0.161. The predicted octanol–water partition coefficient (Wildman–Crippen LogP) is 0.846. The average molecular weight is 198 g/mol. The van der Waals surface area contributed by atoms with Crippen molar-refractivity contribution in [2.75, 3.05) is 19.7 Å². The van der Waals surface area contributed by atoms with Crippen molar-refractivity contribution in [3.63, 3.8) is 0 Å². The van der Waals surface area contributed by atoms with Crippen LogP contribution in [0.25, 0.3) is 0 Å². The highest BCUT2D eigenvalue weighted by atomic mass is 16.5. The van der Waals surface area contributed by atoms with Crippen LogP contribution in [0.15, 0.2) is 0 Å². The Morgan fingerprint density at radius 2 is 1.93 bits per heavy atom. The van der Waals surface area contributed by atoms with Crippen LogP contribution in [-0.2, 0) is 4.74 Å². The molecule has 1 unspecified atom stereocenters. The number of nitrogens with zero attached hydrogens (tertiary/aromatic N) is 1. The Morgan fingerprint density at radius 3 is 2.29 bits per heavy atom. The van der Waals surface area contributed by atoms with Crippen molar-refractivity contribution in [3.8, 4) is 0 Å². The summed E-state index contributed by atoms with van der Waals surface area (Å²) < 4.78 is 5.74. The van der Waals surface area contributed by atoms with Crippen LogP contribution in [0.2, 0.25) is 0 Å². The minimum atomic E-state index is 0.161. The first-order valence-electron chi connectivity index (χ1n) is 5.67. The number of hydrogen-bond acceptors (Lipinski definition) is 3. The summed E-state index contributed by atoms with van der Waals surface area (Å²) in [5, 5.41) is 3.58. The van der Waals surface area contributed by atoms with E-state index in [4.69, 9.17) is 4.74 Å². The first-order valence-corrected chi connectivity index (χ1v) is 5.67. The second kappa shape index (κ2) is 3.47. The quantitative estimate of drug-likeness (QED) is 0.727. The van der Waals surface area contributed by atoms with Gasteiger partial charge >= 0.3 is 0 Å². The van der Waals surface area contributed by atoms with E-state index >= 15 is 0 Å². The van der Waals surface area contributed by atoms with Gasteiger partial charge in [0.05, 0.1) is 12.6 Å². The van der Waals surface area contributed by atoms with Crippen LogP contribution in [0, 0.1) is 0 Å². The molecule has 3 heteroatoms. The summed E-state index contributed by atoms with van der Waals surface area (Å²) in [5.74, 6) is 0. The van der Waals surface area contributed by atoms with E-state index in [1.54, 1.807) is 0 Å². The van der Waals surface area contributed by atoms with Crippen molar-refractivity contribution in [1.82, 2.24) is 10.2 Å². The Labute approximate surface area is 86.8 Å². The smallest absolute Gasteiger partial charge is 0.111 e. The standard InChI is InChI=1S/C11H22N2O/c1-8(2)12-10-5-14-11(10)6-13(7-11)9(3)4/h8-10,12H,5-7H2,1-4H3. The molecule has 2 aliphatic rings. The summed E-state index contributed by atoms with van der Waals surface area (Å²) in [5.41, 5.74) is 0.161. The lowest BCUT2D eigenvalue weighted by molar-refractivity contribution is -0.251. The van der Waals surface area contributed by atoms with Crippen molar-refractivity contribution < 1.29 is 4.74 Å². The summed E-state index contributed by atoms with van der Waals surface area (Å²) in [4.78, 5) is 2.47. The van der Waals surface area contributed by atoms with Crippen LogP contribution in [0.3, 0.4) is 0 Å². The molecule has 1 N–H and O–H groups in total. The molecule has 0 aromatic carbocycles. The van der Waals surface area contributed by atoms with E-state index in [2.05, 4.69) is 37.9 Å². The first-order chi connectivity index (χ1) is 6.53. The number of ether oxygens (including phenoxy) is 1. The molecular weight excluding hydrogens is 176 g/mol. The number of likely N-dealkylation sites (tertiary alicyclic amines) is 1. The summed E-state index contributed by atoms with van der Waals surface area (Å²) in [6.45, 7) is 12.0. The van der Waals surface area contributed by atoms with Gasteiger partial charge in [-0.25, -0.2) is 0 Å². The molecule has 3 nitrogen and oxygen atoms in total. The third-order valence-electron chi connectivity index (χ3n) is 3.38. The molecule has 0 aromatic heterocycles. The van der Waals surface area contributed by atoms with E-state index in [0.717, 1.165) is 19.7 Å². The number of rotatable bonds is 3. The highest BCUT2D eigenvalue weighted by Crippen LogP contribution is 2.37. The zero-order valence-electron chi connectivity index (χ0n) is 9.71. The highest BCUT2D eigenvalue weighted by Gasteiger charge is 2.56. The second-order valence-corrected chi connectivity index (χ2v) is 5.25. The monoisotopic (exact) mass is 198 g/mol. The maximum absolute atomic E-state index is 5.74. The maximum Gasteiger partial charge on any atom is 0.111 e. The molecule has 2 saturated heterocycles. The highest BCUT2D eigenvalue weighted by molar-refractivity contribution is 5.11. The van der Waals surface area contributed by atoms with E-state index in [1.165, 1.54) is 0 Å². The molecule has 2 aliphatic heterocycles. The SMILES string of the molecule is CC(C)NC1COC12CN(C(C)C)C2. The zero-order chi connectivity index (χ0) is 10.3. The van der Waals surface area contributed by atoms with Crippen LogP contribution in [0.1, 0.15) is 27.7 Å². The lowest BCUT2D eigenvalue weighted by atomic mass is 9.80. The van der Waals surface area contributed by atoms with E-state index < -0.39 is 0 Å². The largest absolute Gasteiger partial charge is 0.369 e. The molecule has 0 amide bonds. The van der Waals surface area contributed by atoms with E-state index in [0.29, 0.717) is 18.1 Å². The molecule has 0 aromatic rings. The normalized spacial score (nSPS) is 30.9. The lowest BCUT2D eigenvalue weighted by Crippen LogP contribution is -2.80. The fraction of sp³-hybridized carbons (Fsp3) is 1.00. The van der Waals surface area contributed by atoms with Gasteiger partial charge in [-0.3, -0.25) is 4.90 Å². The van der Waals surface area contributed by atoms with Gasteiger partial charge in [0.15, 0.2) is 0 Å². The van der Waals surface area contributed by atoms with Gasteiger partial charge in [0.25, 0.3) is 0 Å². The molecule has 2 fully saturated rings. The third kappa shape index (κ3) is 1.58. The van der Waals surface area contributed by atoms with Crippen molar-refractivity contribution >= 4 is 0 Å². The van der Waals surface area contributed by atoms with E-state index in [-0.39, 0.29) is 5.60 Å². The topological polar surface area (TPSA) is 24.5 Å². The third-order valence-corrected chi connectivity index (χ3v) is 3.38. The lowest BCUT2D eigenvalue weighted by Gasteiger charge is -2.61. The Morgan fingerprint density at radius 1 is 1.29 bits per heavy atom. The van der Waals surface area contributed by atoms with Gasteiger partial charge in [-0.1, -0.05) is 13.8 Å². The molecule has 0 aliphatic carbocycles.